The Morgan fingerprint density at radius 2 is 1.79 bits per heavy atom. The van der Waals surface area contributed by atoms with Crippen LogP contribution in [0.1, 0.15) is 23.7 Å². The van der Waals surface area contributed by atoms with Gasteiger partial charge in [0.25, 0.3) is 0 Å². The van der Waals surface area contributed by atoms with Crippen LogP contribution in [0.5, 0.6) is 11.5 Å². The van der Waals surface area contributed by atoms with Crippen molar-refractivity contribution in [2.24, 2.45) is 0 Å². The Bertz CT molecular complexity index is 650. The van der Waals surface area contributed by atoms with Crippen LogP contribution in [0.25, 0.3) is 11.1 Å². The van der Waals surface area contributed by atoms with Gasteiger partial charge < -0.3 is 14.4 Å². The predicted molar refractivity (Wildman–Crippen MR) is 97.1 cm³/mol. The molecule has 0 radical (unpaired) electrons. The molecule has 0 fully saturated rings. The molecular weight excluding hydrogens is 302 g/mol. The van der Waals surface area contributed by atoms with Crippen molar-refractivity contribution in [3.05, 3.63) is 48.0 Å². The monoisotopic (exact) mass is 327 g/mol. The van der Waals surface area contributed by atoms with E-state index in [4.69, 9.17) is 9.47 Å². The molecule has 0 aliphatic rings. The highest BCUT2D eigenvalue weighted by atomic mass is 16.5. The minimum atomic E-state index is 0.638. The lowest BCUT2D eigenvalue weighted by Crippen LogP contribution is -2.15. The highest BCUT2D eigenvalue weighted by Gasteiger charge is 2.08. The topological polar surface area (TPSA) is 38.8 Å². The number of benzene rings is 2. The molecule has 0 heterocycles. The van der Waals surface area contributed by atoms with E-state index in [2.05, 4.69) is 4.90 Å². The van der Waals surface area contributed by atoms with Gasteiger partial charge >= 0.3 is 0 Å². The van der Waals surface area contributed by atoms with Crippen molar-refractivity contribution in [3.63, 3.8) is 0 Å². The van der Waals surface area contributed by atoms with Crippen molar-refractivity contribution >= 4 is 6.29 Å². The van der Waals surface area contributed by atoms with E-state index in [0.29, 0.717) is 18.8 Å². The fourth-order valence-electron chi connectivity index (χ4n) is 2.43. The SMILES string of the molecule is CCOc1ccc(-c2cc(C=O)ccc2OCCCN(C)C)cc1. The van der Waals surface area contributed by atoms with Gasteiger partial charge in [-0.25, -0.2) is 0 Å². The first-order chi connectivity index (χ1) is 11.6. The van der Waals surface area contributed by atoms with Gasteiger partial charge in [0.15, 0.2) is 0 Å². The maximum absolute atomic E-state index is 11.1. The van der Waals surface area contributed by atoms with Crippen molar-refractivity contribution in [1.29, 1.82) is 0 Å². The Balaban J connectivity index is 2.20. The van der Waals surface area contributed by atoms with Crippen LogP contribution in [0.4, 0.5) is 0 Å². The van der Waals surface area contributed by atoms with Crippen LogP contribution in [0.15, 0.2) is 42.5 Å². The molecule has 0 aromatic heterocycles. The number of ether oxygens (including phenoxy) is 2. The Morgan fingerprint density at radius 3 is 2.42 bits per heavy atom. The molecule has 0 saturated carbocycles. The summed E-state index contributed by atoms with van der Waals surface area (Å²) in [5.41, 5.74) is 2.57. The molecule has 0 spiro atoms. The Labute approximate surface area is 144 Å². The van der Waals surface area contributed by atoms with Gasteiger partial charge in [-0.2, -0.15) is 0 Å². The molecule has 2 aromatic carbocycles. The highest BCUT2D eigenvalue weighted by molar-refractivity contribution is 5.81. The average Bonchev–Trinajstić information content (AvgIpc) is 2.59. The molecule has 2 aromatic rings. The standard InChI is InChI=1S/C20H25NO3/c1-4-23-18-9-7-17(8-10-18)19-14-16(15-22)6-11-20(19)24-13-5-12-21(2)3/h6-11,14-15H,4-5,12-13H2,1-3H3. The summed E-state index contributed by atoms with van der Waals surface area (Å²) in [6.07, 6.45) is 1.80. The molecule has 0 saturated heterocycles. The van der Waals surface area contributed by atoms with Crippen molar-refractivity contribution in [1.82, 2.24) is 4.90 Å². The number of hydrogen-bond donors (Lipinski definition) is 0. The van der Waals surface area contributed by atoms with Gasteiger partial charge in [0.2, 0.25) is 0 Å². The zero-order valence-electron chi connectivity index (χ0n) is 14.6. The minimum absolute atomic E-state index is 0.638. The summed E-state index contributed by atoms with van der Waals surface area (Å²) < 4.78 is 11.4. The molecule has 0 unspecified atom stereocenters. The molecule has 128 valence electrons. The van der Waals surface area contributed by atoms with E-state index in [1.807, 2.05) is 57.4 Å². The van der Waals surface area contributed by atoms with Crippen molar-refractivity contribution in [2.75, 3.05) is 33.9 Å². The van der Waals surface area contributed by atoms with Crippen molar-refractivity contribution in [3.8, 4) is 22.6 Å². The summed E-state index contributed by atoms with van der Waals surface area (Å²) in [6.45, 7) is 4.22. The number of rotatable bonds is 9. The fraction of sp³-hybridized carbons (Fsp3) is 0.350. The second-order valence-corrected chi connectivity index (χ2v) is 5.84. The smallest absolute Gasteiger partial charge is 0.150 e. The lowest BCUT2D eigenvalue weighted by Gasteiger charge is -2.14. The van der Waals surface area contributed by atoms with Gasteiger partial charge in [0.05, 0.1) is 13.2 Å². The maximum Gasteiger partial charge on any atom is 0.150 e. The van der Waals surface area contributed by atoms with Crippen LogP contribution >= 0.6 is 0 Å². The quantitative estimate of drug-likeness (QED) is 0.517. The lowest BCUT2D eigenvalue weighted by atomic mass is 10.0. The first-order valence-electron chi connectivity index (χ1n) is 8.24. The molecule has 0 aliphatic carbocycles. The Kier molecular flexibility index (Phi) is 6.82. The molecule has 0 bridgehead atoms. The number of carbonyl (C=O) groups excluding carboxylic acids is 1. The molecule has 4 heteroatoms. The van der Waals surface area contributed by atoms with Crippen LogP contribution < -0.4 is 9.47 Å². The van der Waals surface area contributed by atoms with E-state index in [1.165, 1.54) is 0 Å². The summed E-state index contributed by atoms with van der Waals surface area (Å²) in [6, 6.07) is 13.4. The van der Waals surface area contributed by atoms with E-state index < -0.39 is 0 Å². The Morgan fingerprint density at radius 1 is 1.04 bits per heavy atom. The summed E-state index contributed by atoms with van der Waals surface area (Å²) in [7, 11) is 4.09. The van der Waals surface area contributed by atoms with E-state index in [9.17, 15) is 4.79 Å². The number of carbonyl (C=O) groups is 1. The third-order valence-corrected chi connectivity index (χ3v) is 3.62. The average molecular weight is 327 g/mol. The van der Waals surface area contributed by atoms with E-state index in [-0.39, 0.29) is 0 Å². The van der Waals surface area contributed by atoms with Crippen LogP contribution in [-0.4, -0.2) is 45.0 Å². The first-order valence-corrected chi connectivity index (χ1v) is 8.24. The molecule has 2 rings (SSSR count). The maximum atomic E-state index is 11.1. The molecule has 24 heavy (non-hydrogen) atoms. The van der Waals surface area contributed by atoms with Gasteiger partial charge in [-0.15, -0.1) is 0 Å². The second kappa shape index (κ2) is 9.08. The molecule has 0 amide bonds. The summed E-state index contributed by atoms with van der Waals surface area (Å²) in [5.74, 6) is 1.63. The normalized spacial score (nSPS) is 10.7. The lowest BCUT2D eigenvalue weighted by molar-refractivity contribution is 0.112. The first kappa shape index (κ1) is 18.0. The molecule has 4 nitrogen and oxygen atoms in total. The third kappa shape index (κ3) is 5.10. The third-order valence-electron chi connectivity index (χ3n) is 3.62. The largest absolute Gasteiger partial charge is 0.494 e. The van der Waals surface area contributed by atoms with Gasteiger partial charge in [-0.05, 0) is 63.3 Å². The zero-order chi connectivity index (χ0) is 17.4. The van der Waals surface area contributed by atoms with Crippen LogP contribution in [0, 0.1) is 0 Å². The summed E-state index contributed by atoms with van der Waals surface area (Å²) in [4.78, 5) is 13.2. The van der Waals surface area contributed by atoms with Gasteiger partial charge in [0.1, 0.15) is 17.8 Å². The van der Waals surface area contributed by atoms with Gasteiger partial charge in [-0.3, -0.25) is 4.79 Å². The van der Waals surface area contributed by atoms with E-state index in [1.54, 1.807) is 6.07 Å². The summed E-state index contributed by atoms with van der Waals surface area (Å²) >= 11 is 0. The van der Waals surface area contributed by atoms with E-state index >= 15 is 0 Å². The second-order valence-electron chi connectivity index (χ2n) is 5.84. The summed E-state index contributed by atoms with van der Waals surface area (Å²) in [5, 5.41) is 0. The minimum Gasteiger partial charge on any atom is -0.494 e. The highest BCUT2D eigenvalue weighted by Crippen LogP contribution is 2.32. The van der Waals surface area contributed by atoms with Crippen LogP contribution in [0.3, 0.4) is 0 Å². The van der Waals surface area contributed by atoms with Gasteiger partial charge in [0, 0.05) is 17.7 Å². The van der Waals surface area contributed by atoms with Crippen LogP contribution in [-0.2, 0) is 0 Å². The Hall–Kier alpha value is -2.33. The fourth-order valence-corrected chi connectivity index (χ4v) is 2.43. The predicted octanol–water partition coefficient (Wildman–Crippen LogP) is 3.90. The number of aldehydes is 1. The molecule has 0 atom stereocenters. The molecule has 0 aliphatic heterocycles. The van der Waals surface area contributed by atoms with Crippen molar-refractivity contribution in [2.45, 2.75) is 13.3 Å². The van der Waals surface area contributed by atoms with E-state index in [0.717, 1.165) is 41.9 Å². The number of hydrogen-bond acceptors (Lipinski definition) is 4. The molecular formula is C20H25NO3. The zero-order valence-corrected chi connectivity index (χ0v) is 14.6. The van der Waals surface area contributed by atoms with Crippen molar-refractivity contribution < 1.29 is 14.3 Å². The van der Waals surface area contributed by atoms with Crippen LogP contribution in [0.2, 0.25) is 0 Å². The van der Waals surface area contributed by atoms with Gasteiger partial charge in [-0.1, -0.05) is 12.1 Å². The number of nitrogens with zero attached hydrogens (tertiary/aromatic N) is 1. The molecule has 0 N–H and O–H groups in total.